The van der Waals surface area contributed by atoms with Crippen molar-refractivity contribution in [2.24, 2.45) is 0 Å². The number of para-hydroxylation sites is 1. The molecule has 3 aromatic heterocycles. The predicted octanol–water partition coefficient (Wildman–Crippen LogP) is 6.01. The molecule has 0 saturated carbocycles. The van der Waals surface area contributed by atoms with Crippen molar-refractivity contribution in [1.29, 1.82) is 0 Å². The average Bonchev–Trinajstić information content (AvgIpc) is 3.81. The van der Waals surface area contributed by atoms with Gasteiger partial charge in [-0.05, 0) is 53.1 Å². The number of carbonyl (C=O) groups is 1. The van der Waals surface area contributed by atoms with Gasteiger partial charge in [-0.1, -0.05) is 24.3 Å². The molecule has 10 nitrogen and oxygen atoms in total. The van der Waals surface area contributed by atoms with Crippen LogP contribution in [-0.4, -0.2) is 48.4 Å². The molecule has 42 heavy (non-hydrogen) atoms. The molecule has 0 saturated heterocycles. The molecule has 1 amide bonds. The molecule has 7 rings (SSSR count). The van der Waals surface area contributed by atoms with Crippen molar-refractivity contribution in [3.63, 3.8) is 0 Å². The first-order chi connectivity index (χ1) is 20.6. The number of imidazole rings is 1. The predicted molar refractivity (Wildman–Crippen MR) is 158 cm³/mol. The molecule has 1 aliphatic heterocycles. The van der Waals surface area contributed by atoms with Gasteiger partial charge in [-0.3, -0.25) is 4.79 Å². The molecule has 0 radical (unpaired) electrons. The summed E-state index contributed by atoms with van der Waals surface area (Å²) in [5.74, 6) is 2.30. The van der Waals surface area contributed by atoms with Crippen molar-refractivity contribution < 1.29 is 28.2 Å². The lowest BCUT2D eigenvalue weighted by Crippen LogP contribution is -2.29. The van der Waals surface area contributed by atoms with Crippen molar-refractivity contribution >= 4 is 38.9 Å². The SMILES string of the molecule is COc1cc(OCc2cccc3c2CCN3C(=O)c2ccccc2OC)c2cc(-c3cn4nc(OC)sc4n3)oc2c1. The second-order valence-corrected chi connectivity index (χ2v) is 10.6. The molecule has 0 N–H and O–H groups in total. The van der Waals surface area contributed by atoms with Crippen LogP contribution in [0.4, 0.5) is 5.69 Å². The van der Waals surface area contributed by atoms with E-state index in [4.69, 9.17) is 23.4 Å². The summed E-state index contributed by atoms with van der Waals surface area (Å²) in [5.41, 5.74) is 4.80. The van der Waals surface area contributed by atoms with Gasteiger partial charge in [0, 0.05) is 24.4 Å². The summed E-state index contributed by atoms with van der Waals surface area (Å²) in [6, 6.07) is 18.8. The molecule has 6 aromatic rings. The first-order valence-electron chi connectivity index (χ1n) is 13.3. The Hall–Kier alpha value is -5.03. The Morgan fingerprint density at radius 1 is 1.00 bits per heavy atom. The van der Waals surface area contributed by atoms with Crippen LogP contribution in [0.15, 0.2) is 71.3 Å². The van der Waals surface area contributed by atoms with E-state index in [1.54, 1.807) is 44.2 Å². The van der Waals surface area contributed by atoms with Crippen molar-refractivity contribution in [2.45, 2.75) is 13.0 Å². The third kappa shape index (κ3) is 4.38. The monoisotopic (exact) mass is 582 g/mol. The highest BCUT2D eigenvalue weighted by molar-refractivity contribution is 7.18. The van der Waals surface area contributed by atoms with Crippen LogP contribution in [0.1, 0.15) is 21.5 Å². The zero-order valence-corrected chi connectivity index (χ0v) is 23.9. The molecular weight excluding hydrogens is 556 g/mol. The van der Waals surface area contributed by atoms with Crippen molar-refractivity contribution in [3.8, 4) is 33.9 Å². The summed E-state index contributed by atoms with van der Waals surface area (Å²) in [7, 11) is 4.76. The van der Waals surface area contributed by atoms with Crippen LogP contribution in [0.25, 0.3) is 27.4 Å². The fraction of sp³-hybridized carbons (Fsp3) is 0.194. The molecule has 0 bridgehead atoms. The number of rotatable bonds is 8. The summed E-state index contributed by atoms with van der Waals surface area (Å²) >= 11 is 1.35. The number of fused-ring (bicyclic) bond motifs is 3. The lowest BCUT2D eigenvalue weighted by atomic mass is 10.1. The minimum atomic E-state index is -0.0857. The maximum Gasteiger partial charge on any atom is 0.294 e. The fourth-order valence-corrected chi connectivity index (χ4v) is 6.00. The topological polar surface area (TPSA) is 101 Å². The summed E-state index contributed by atoms with van der Waals surface area (Å²) in [4.78, 5) is 20.6. The van der Waals surface area contributed by atoms with Gasteiger partial charge in [-0.15, -0.1) is 5.10 Å². The maximum absolute atomic E-state index is 13.5. The zero-order chi connectivity index (χ0) is 28.8. The normalized spacial score (nSPS) is 12.6. The number of benzene rings is 3. The van der Waals surface area contributed by atoms with E-state index >= 15 is 0 Å². The van der Waals surface area contributed by atoms with E-state index in [2.05, 4.69) is 10.1 Å². The van der Waals surface area contributed by atoms with Crippen LogP contribution >= 0.6 is 11.3 Å². The molecule has 4 heterocycles. The van der Waals surface area contributed by atoms with Crippen molar-refractivity contribution in [3.05, 3.63) is 83.6 Å². The van der Waals surface area contributed by atoms with Gasteiger partial charge in [0.25, 0.3) is 11.1 Å². The van der Waals surface area contributed by atoms with E-state index in [0.29, 0.717) is 63.2 Å². The number of hydrogen-bond acceptors (Lipinski definition) is 9. The van der Waals surface area contributed by atoms with Crippen molar-refractivity contribution in [1.82, 2.24) is 14.6 Å². The molecule has 11 heteroatoms. The first-order valence-corrected chi connectivity index (χ1v) is 14.1. The molecule has 3 aromatic carbocycles. The fourth-order valence-electron chi connectivity index (χ4n) is 5.30. The van der Waals surface area contributed by atoms with Gasteiger partial charge in [-0.2, -0.15) is 0 Å². The lowest BCUT2D eigenvalue weighted by molar-refractivity contribution is 0.0986. The molecule has 0 fully saturated rings. The molecule has 1 aliphatic rings. The smallest absolute Gasteiger partial charge is 0.294 e. The van der Waals surface area contributed by atoms with E-state index in [1.165, 1.54) is 11.3 Å². The summed E-state index contributed by atoms with van der Waals surface area (Å²) in [6.45, 7) is 0.896. The first kappa shape index (κ1) is 25.9. The Morgan fingerprint density at radius 3 is 2.69 bits per heavy atom. The second kappa shape index (κ2) is 10.4. The molecular formula is C31H26N4O6S. The number of amides is 1. The van der Waals surface area contributed by atoms with Crippen LogP contribution in [0, 0.1) is 0 Å². The molecule has 0 unspecified atom stereocenters. The van der Waals surface area contributed by atoms with E-state index in [-0.39, 0.29) is 5.91 Å². The average molecular weight is 583 g/mol. The number of nitrogens with zero attached hydrogens (tertiary/aromatic N) is 4. The van der Waals surface area contributed by atoms with Crippen molar-refractivity contribution in [2.75, 3.05) is 32.8 Å². The van der Waals surface area contributed by atoms with Gasteiger partial charge in [0.05, 0.1) is 38.5 Å². The van der Waals surface area contributed by atoms with Gasteiger partial charge in [0.15, 0.2) is 5.76 Å². The standard InChI is InChI=1S/C31H26N4O6S/c1-37-19-13-26(22-15-28(41-27(22)14-19)23-16-35-30(32-23)42-31(33-35)39-3)40-17-18-7-6-9-24-20(18)11-12-34(24)29(36)21-8-4-5-10-25(21)38-2/h4-10,13-16H,11-12,17H2,1-3H3. The Bertz CT molecular complexity index is 1930. The second-order valence-electron chi connectivity index (χ2n) is 9.68. The van der Waals surface area contributed by atoms with E-state index < -0.39 is 0 Å². The number of ether oxygens (including phenoxy) is 4. The van der Waals surface area contributed by atoms with Crippen LogP contribution < -0.4 is 23.8 Å². The van der Waals surface area contributed by atoms with Gasteiger partial charge < -0.3 is 28.3 Å². The van der Waals surface area contributed by atoms with Gasteiger partial charge in [0.2, 0.25) is 4.96 Å². The van der Waals surface area contributed by atoms with E-state index in [9.17, 15) is 4.79 Å². The highest BCUT2D eigenvalue weighted by Gasteiger charge is 2.29. The van der Waals surface area contributed by atoms with Gasteiger partial charge in [-0.25, -0.2) is 9.50 Å². The number of hydrogen-bond donors (Lipinski definition) is 0. The minimum absolute atomic E-state index is 0.0857. The number of furan rings is 1. The highest BCUT2D eigenvalue weighted by Crippen LogP contribution is 2.39. The molecule has 212 valence electrons. The van der Waals surface area contributed by atoms with Gasteiger partial charge in [0.1, 0.15) is 35.1 Å². The lowest BCUT2D eigenvalue weighted by Gasteiger charge is -2.19. The molecule has 0 atom stereocenters. The van der Waals surface area contributed by atoms with Crippen LogP contribution in [0.5, 0.6) is 22.4 Å². The number of methoxy groups -OCH3 is 3. The highest BCUT2D eigenvalue weighted by atomic mass is 32.1. The summed E-state index contributed by atoms with van der Waals surface area (Å²) in [5, 5.41) is 5.68. The summed E-state index contributed by atoms with van der Waals surface area (Å²) in [6.07, 6.45) is 2.53. The van der Waals surface area contributed by atoms with Gasteiger partial charge >= 0.3 is 0 Å². The quantitative estimate of drug-likeness (QED) is 0.215. The van der Waals surface area contributed by atoms with E-state index in [1.807, 2.05) is 53.4 Å². The number of carbonyl (C=O) groups excluding carboxylic acids is 1. The Labute approximate surface area is 244 Å². The largest absolute Gasteiger partial charge is 0.496 e. The third-order valence-corrected chi connectivity index (χ3v) is 8.23. The Kier molecular flexibility index (Phi) is 6.43. The van der Waals surface area contributed by atoms with Crippen LogP contribution in [-0.2, 0) is 13.0 Å². The maximum atomic E-state index is 13.5. The molecule has 0 aliphatic carbocycles. The Morgan fingerprint density at radius 2 is 1.88 bits per heavy atom. The summed E-state index contributed by atoms with van der Waals surface area (Å²) < 4.78 is 30.4. The van der Waals surface area contributed by atoms with Crippen LogP contribution in [0.3, 0.4) is 0 Å². The zero-order valence-electron chi connectivity index (χ0n) is 23.1. The molecule has 0 spiro atoms. The number of anilines is 1. The van der Waals surface area contributed by atoms with E-state index in [0.717, 1.165) is 28.6 Å². The third-order valence-electron chi connectivity index (χ3n) is 7.35. The van der Waals surface area contributed by atoms with Crippen LogP contribution in [0.2, 0.25) is 0 Å². The number of aromatic nitrogens is 3. The minimum Gasteiger partial charge on any atom is -0.496 e. The Balaban J connectivity index is 1.17.